The molecule has 8 unspecified atom stereocenters. The first-order chi connectivity index (χ1) is 16.9. The minimum absolute atomic E-state index is 1.16. The first-order valence-corrected chi connectivity index (χ1v) is 16.9. The number of fused-ring (bicyclic) bond motifs is 3. The van der Waals surface area contributed by atoms with E-state index in [1.54, 1.807) is 128 Å². The van der Waals surface area contributed by atoms with Gasteiger partial charge in [0.25, 0.3) is 0 Å². The Balaban J connectivity index is 0.000000142. The molecule has 7 aliphatic rings. The largest absolute Gasteiger partial charge is 0.0683 e. The molecule has 0 saturated heterocycles. The Morgan fingerprint density at radius 3 is 0.882 bits per heavy atom. The zero-order valence-corrected chi connectivity index (χ0v) is 23.9. The molecule has 0 aliphatic heterocycles. The normalized spacial score (nSPS) is 46.2. The Hall–Kier alpha value is 0. The van der Waals surface area contributed by atoms with Crippen LogP contribution in [0.4, 0.5) is 0 Å². The minimum Gasteiger partial charge on any atom is -0.0683 e. The van der Waals surface area contributed by atoms with Crippen LogP contribution in [0.1, 0.15) is 156 Å². The van der Waals surface area contributed by atoms with Crippen LogP contribution in [0.25, 0.3) is 0 Å². The molecule has 0 aromatic rings. The standard InChI is InChI=1S/C16H26.C14H24.2C2H6/c1-3-11-7-9-13-5-2-6-14-10-8-12(4-1)15(11)16(13)14;1-3-7-13-11(5-1)9-10-12-6-2-4-8-14(12)13;2*1-2/h11-16H,1-10H2;11-14H,1-10H2;2*1-2H3. The summed E-state index contributed by atoms with van der Waals surface area (Å²) in [5.74, 6) is 11.7. The van der Waals surface area contributed by atoms with E-state index >= 15 is 0 Å². The molecule has 0 amide bonds. The fraction of sp³-hybridized carbons (Fsp3) is 1.00. The van der Waals surface area contributed by atoms with Gasteiger partial charge in [-0.3, -0.25) is 0 Å². The lowest BCUT2D eigenvalue weighted by atomic mass is 9.48. The molecule has 0 aromatic heterocycles. The molecule has 7 aliphatic carbocycles. The SMILES string of the molecule is C1CC2CCC3CCCC4CCC(C1)C2C34.C1CCC2C(C1)CCC1CCCCC12.CC.CC. The van der Waals surface area contributed by atoms with Gasteiger partial charge in [0.1, 0.15) is 0 Å². The van der Waals surface area contributed by atoms with E-state index in [1.165, 1.54) is 47.3 Å². The molecule has 7 fully saturated rings. The van der Waals surface area contributed by atoms with Crippen LogP contribution in [0.3, 0.4) is 0 Å². The van der Waals surface area contributed by atoms with Crippen LogP contribution in [0.15, 0.2) is 0 Å². The Kier molecular flexibility index (Phi) is 10.8. The number of hydrogen-bond donors (Lipinski definition) is 0. The summed E-state index contributed by atoms with van der Waals surface area (Å²) in [4.78, 5) is 0. The third-order valence-corrected chi connectivity index (χ3v) is 12.1. The smallest absolute Gasteiger partial charge is 0.0324 e. The molecule has 34 heavy (non-hydrogen) atoms. The third-order valence-electron chi connectivity index (χ3n) is 12.1. The minimum atomic E-state index is 1.16. The van der Waals surface area contributed by atoms with E-state index in [4.69, 9.17) is 0 Å². The van der Waals surface area contributed by atoms with Crippen molar-refractivity contribution in [2.45, 2.75) is 156 Å². The molecule has 8 atom stereocenters. The maximum atomic E-state index is 2.00. The highest BCUT2D eigenvalue weighted by Crippen LogP contribution is 2.59. The lowest BCUT2D eigenvalue weighted by molar-refractivity contribution is -0.0760. The lowest BCUT2D eigenvalue weighted by Crippen LogP contribution is -2.49. The Labute approximate surface area is 215 Å². The Morgan fingerprint density at radius 1 is 0.265 bits per heavy atom. The van der Waals surface area contributed by atoms with Gasteiger partial charge in [0, 0.05) is 0 Å². The van der Waals surface area contributed by atoms with Crippen molar-refractivity contribution in [3.8, 4) is 0 Å². The Bertz CT molecular complexity index is 490. The van der Waals surface area contributed by atoms with Crippen molar-refractivity contribution in [2.75, 3.05) is 0 Å². The second-order valence-corrected chi connectivity index (χ2v) is 13.2. The highest BCUT2D eigenvalue weighted by molar-refractivity contribution is 5.00. The van der Waals surface area contributed by atoms with Gasteiger partial charge in [-0.05, 0) is 111 Å². The van der Waals surface area contributed by atoms with Gasteiger partial charge in [0.05, 0.1) is 0 Å². The molecule has 0 spiro atoms. The monoisotopic (exact) mass is 470 g/mol. The summed E-state index contributed by atoms with van der Waals surface area (Å²) >= 11 is 0. The Morgan fingerprint density at radius 2 is 0.529 bits per heavy atom. The zero-order valence-electron chi connectivity index (χ0n) is 23.9. The van der Waals surface area contributed by atoms with Crippen molar-refractivity contribution < 1.29 is 0 Å². The van der Waals surface area contributed by atoms with E-state index in [2.05, 4.69) is 0 Å². The summed E-state index contributed by atoms with van der Waals surface area (Å²) in [6.07, 6.45) is 31.6. The van der Waals surface area contributed by atoms with Crippen molar-refractivity contribution in [2.24, 2.45) is 59.2 Å². The predicted molar refractivity (Wildman–Crippen MR) is 150 cm³/mol. The highest BCUT2D eigenvalue weighted by Gasteiger charge is 2.50. The quantitative estimate of drug-likeness (QED) is 0.330. The fourth-order valence-electron chi connectivity index (χ4n) is 11.0. The summed E-state index contributed by atoms with van der Waals surface area (Å²) in [6, 6.07) is 0. The molecular formula is C34H62. The molecule has 0 radical (unpaired) electrons. The van der Waals surface area contributed by atoms with Crippen LogP contribution in [0, 0.1) is 59.2 Å². The van der Waals surface area contributed by atoms with E-state index in [1.807, 2.05) is 27.7 Å². The maximum absolute atomic E-state index is 2.00. The number of hydrogen-bond acceptors (Lipinski definition) is 0. The van der Waals surface area contributed by atoms with Gasteiger partial charge in [0.15, 0.2) is 0 Å². The van der Waals surface area contributed by atoms with E-state index in [9.17, 15) is 0 Å². The van der Waals surface area contributed by atoms with Crippen molar-refractivity contribution in [3.63, 3.8) is 0 Å². The molecular weight excluding hydrogens is 408 g/mol. The molecule has 0 aromatic carbocycles. The van der Waals surface area contributed by atoms with E-state index < -0.39 is 0 Å². The van der Waals surface area contributed by atoms with Crippen molar-refractivity contribution in [1.82, 2.24) is 0 Å². The van der Waals surface area contributed by atoms with Crippen LogP contribution < -0.4 is 0 Å². The van der Waals surface area contributed by atoms with Crippen LogP contribution in [-0.4, -0.2) is 0 Å². The molecule has 0 heterocycles. The molecule has 7 rings (SSSR count). The van der Waals surface area contributed by atoms with Gasteiger partial charge in [-0.1, -0.05) is 105 Å². The van der Waals surface area contributed by atoms with E-state index in [0.717, 1.165) is 11.8 Å². The molecule has 7 saturated carbocycles. The van der Waals surface area contributed by atoms with Crippen molar-refractivity contribution >= 4 is 0 Å². The van der Waals surface area contributed by atoms with Gasteiger partial charge in [-0.2, -0.15) is 0 Å². The van der Waals surface area contributed by atoms with Crippen molar-refractivity contribution in [1.29, 1.82) is 0 Å². The molecule has 0 N–H and O–H groups in total. The van der Waals surface area contributed by atoms with Gasteiger partial charge >= 0.3 is 0 Å². The summed E-state index contributed by atoms with van der Waals surface area (Å²) < 4.78 is 0. The van der Waals surface area contributed by atoms with Gasteiger partial charge in [0.2, 0.25) is 0 Å². The van der Waals surface area contributed by atoms with E-state index in [-0.39, 0.29) is 0 Å². The predicted octanol–water partition coefficient (Wildman–Crippen LogP) is 11.1. The summed E-state index contributed by atoms with van der Waals surface area (Å²) in [7, 11) is 0. The van der Waals surface area contributed by atoms with Crippen molar-refractivity contribution in [3.05, 3.63) is 0 Å². The van der Waals surface area contributed by atoms with Gasteiger partial charge in [-0.15, -0.1) is 0 Å². The van der Waals surface area contributed by atoms with Crippen LogP contribution in [0.2, 0.25) is 0 Å². The molecule has 0 bridgehead atoms. The van der Waals surface area contributed by atoms with Crippen LogP contribution in [-0.2, 0) is 0 Å². The molecule has 0 heteroatoms. The van der Waals surface area contributed by atoms with Crippen LogP contribution in [0.5, 0.6) is 0 Å². The topological polar surface area (TPSA) is 0 Å². The highest BCUT2D eigenvalue weighted by atomic mass is 14.6. The average molecular weight is 471 g/mol. The van der Waals surface area contributed by atoms with E-state index in [0.29, 0.717) is 0 Å². The maximum Gasteiger partial charge on any atom is -0.0324 e. The molecule has 0 nitrogen and oxygen atoms in total. The first kappa shape index (κ1) is 27.0. The third kappa shape index (κ3) is 5.77. The fourth-order valence-corrected chi connectivity index (χ4v) is 11.0. The summed E-state index contributed by atoms with van der Waals surface area (Å²) in [5, 5.41) is 0. The first-order valence-electron chi connectivity index (χ1n) is 16.9. The summed E-state index contributed by atoms with van der Waals surface area (Å²) in [5.41, 5.74) is 0. The summed E-state index contributed by atoms with van der Waals surface area (Å²) in [6.45, 7) is 8.00. The van der Waals surface area contributed by atoms with Crippen LogP contribution >= 0.6 is 0 Å². The average Bonchev–Trinajstić information content (AvgIpc) is 2.94. The molecule has 198 valence electrons. The second-order valence-electron chi connectivity index (χ2n) is 13.2. The van der Waals surface area contributed by atoms with Gasteiger partial charge in [-0.25, -0.2) is 0 Å². The zero-order chi connectivity index (χ0) is 23.9. The number of rotatable bonds is 0. The lowest BCUT2D eigenvalue weighted by Gasteiger charge is -2.57. The van der Waals surface area contributed by atoms with Gasteiger partial charge < -0.3 is 0 Å². The second kappa shape index (κ2) is 13.5.